The van der Waals surface area contributed by atoms with Crippen LogP contribution in [0, 0.1) is 10.1 Å². The van der Waals surface area contributed by atoms with Crippen LogP contribution in [0.5, 0.6) is 0 Å². The SMILES string of the molecule is CS(=O)(=O)N1CCN(c2nc(NCc3ccccc3Cl)c3ncn(Cc4ccc([N+](=O)[O-])cc4)c3n2)CC1. The van der Waals surface area contributed by atoms with Crippen molar-refractivity contribution in [3.05, 3.63) is 81.1 Å². The maximum Gasteiger partial charge on any atom is 0.269 e. The number of rotatable bonds is 8. The molecule has 0 atom stereocenters. The highest BCUT2D eigenvalue weighted by molar-refractivity contribution is 7.88. The van der Waals surface area contributed by atoms with E-state index < -0.39 is 14.9 Å². The zero-order valence-corrected chi connectivity index (χ0v) is 22.1. The van der Waals surface area contributed by atoms with Crippen molar-refractivity contribution in [2.75, 3.05) is 42.7 Å². The quantitative estimate of drug-likeness (QED) is 0.256. The number of imidazole rings is 1. The molecule has 198 valence electrons. The van der Waals surface area contributed by atoms with E-state index in [9.17, 15) is 18.5 Å². The average Bonchev–Trinajstić information content (AvgIpc) is 3.30. The van der Waals surface area contributed by atoms with Crippen molar-refractivity contribution >= 4 is 50.2 Å². The number of nitro benzene ring substituents is 1. The number of anilines is 2. The minimum Gasteiger partial charge on any atom is -0.364 e. The minimum atomic E-state index is -3.27. The normalized spacial score (nSPS) is 14.6. The first-order chi connectivity index (χ1) is 18.2. The van der Waals surface area contributed by atoms with Crippen molar-refractivity contribution in [3.63, 3.8) is 0 Å². The second-order valence-corrected chi connectivity index (χ2v) is 11.3. The highest BCUT2D eigenvalue weighted by Crippen LogP contribution is 2.26. The summed E-state index contributed by atoms with van der Waals surface area (Å²) in [6.07, 6.45) is 2.87. The van der Waals surface area contributed by atoms with Gasteiger partial charge in [-0.05, 0) is 17.2 Å². The van der Waals surface area contributed by atoms with Crippen LogP contribution in [0.25, 0.3) is 11.2 Å². The minimum absolute atomic E-state index is 0.0214. The lowest BCUT2D eigenvalue weighted by molar-refractivity contribution is -0.384. The van der Waals surface area contributed by atoms with E-state index in [-0.39, 0.29) is 5.69 Å². The summed E-state index contributed by atoms with van der Waals surface area (Å²) in [5.74, 6) is 0.982. The molecule has 3 heterocycles. The molecule has 0 amide bonds. The molecule has 0 aliphatic carbocycles. The van der Waals surface area contributed by atoms with E-state index in [2.05, 4.69) is 10.3 Å². The first kappa shape index (κ1) is 25.8. The number of piperazine rings is 1. The van der Waals surface area contributed by atoms with Crippen LogP contribution in [-0.4, -0.2) is 69.6 Å². The van der Waals surface area contributed by atoms with Crippen LogP contribution < -0.4 is 10.2 Å². The number of benzene rings is 2. The second-order valence-electron chi connectivity index (χ2n) is 8.93. The number of hydrogen-bond acceptors (Lipinski definition) is 9. The van der Waals surface area contributed by atoms with Crippen LogP contribution in [-0.2, 0) is 23.1 Å². The molecule has 5 rings (SSSR count). The molecular formula is C24H25ClN8O4S. The molecule has 2 aromatic carbocycles. The van der Waals surface area contributed by atoms with Gasteiger partial charge in [0.1, 0.15) is 0 Å². The van der Waals surface area contributed by atoms with Crippen molar-refractivity contribution in [1.82, 2.24) is 23.8 Å². The first-order valence-electron chi connectivity index (χ1n) is 11.8. The fourth-order valence-corrected chi connectivity index (χ4v) is 5.30. The number of sulfonamides is 1. The van der Waals surface area contributed by atoms with E-state index >= 15 is 0 Å². The lowest BCUT2D eigenvalue weighted by atomic mass is 10.2. The van der Waals surface area contributed by atoms with Gasteiger partial charge in [0.2, 0.25) is 16.0 Å². The summed E-state index contributed by atoms with van der Waals surface area (Å²) in [6.45, 7) is 2.38. The molecule has 0 bridgehead atoms. The number of hydrogen-bond donors (Lipinski definition) is 1. The van der Waals surface area contributed by atoms with Crippen molar-refractivity contribution in [3.8, 4) is 0 Å². The number of nitro groups is 1. The van der Waals surface area contributed by atoms with Gasteiger partial charge in [-0.1, -0.05) is 41.9 Å². The summed E-state index contributed by atoms with van der Waals surface area (Å²) in [4.78, 5) is 26.6. The monoisotopic (exact) mass is 556 g/mol. The molecule has 1 N–H and O–H groups in total. The van der Waals surface area contributed by atoms with Gasteiger partial charge in [-0.15, -0.1) is 0 Å². The standard InChI is InChI=1S/C24H25ClN8O4S/c1-38(36,37)32-12-10-30(11-13-32)24-28-22(26-14-18-4-2-3-5-20(18)25)21-23(29-24)31(16-27-21)15-17-6-8-19(9-7-17)33(34)35/h2-9,16H,10-15H2,1H3,(H,26,28,29). The molecule has 2 aromatic heterocycles. The third-order valence-corrected chi connectivity index (χ3v) is 8.02. The molecule has 0 radical (unpaired) electrons. The highest BCUT2D eigenvalue weighted by Gasteiger charge is 2.26. The molecule has 0 unspecified atom stereocenters. The summed E-state index contributed by atoms with van der Waals surface area (Å²) in [5.41, 5.74) is 2.92. The van der Waals surface area contributed by atoms with Crippen molar-refractivity contribution in [2.24, 2.45) is 0 Å². The fraction of sp³-hybridized carbons (Fsp3) is 0.292. The summed E-state index contributed by atoms with van der Waals surface area (Å²) in [7, 11) is -3.27. The predicted molar refractivity (Wildman–Crippen MR) is 145 cm³/mol. The molecule has 38 heavy (non-hydrogen) atoms. The molecule has 1 aliphatic rings. The Morgan fingerprint density at radius 1 is 1.05 bits per heavy atom. The van der Waals surface area contributed by atoms with Gasteiger partial charge in [-0.25, -0.2) is 13.4 Å². The van der Waals surface area contributed by atoms with Gasteiger partial charge in [0.25, 0.3) is 5.69 Å². The number of fused-ring (bicyclic) bond motifs is 1. The van der Waals surface area contributed by atoms with Crippen LogP contribution in [0.3, 0.4) is 0 Å². The summed E-state index contributed by atoms with van der Waals surface area (Å²) < 4.78 is 27.2. The highest BCUT2D eigenvalue weighted by atomic mass is 35.5. The van der Waals surface area contributed by atoms with E-state index in [0.29, 0.717) is 67.2 Å². The number of nitrogens with zero attached hydrogens (tertiary/aromatic N) is 7. The van der Waals surface area contributed by atoms with E-state index in [1.54, 1.807) is 18.5 Å². The Bertz CT molecular complexity index is 1590. The Labute approximate surface area is 224 Å². The van der Waals surface area contributed by atoms with Gasteiger partial charge in [-0.2, -0.15) is 14.3 Å². The molecule has 12 nitrogen and oxygen atoms in total. The third-order valence-electron chi connectivity index (χ3n) is 6.35. The number of aromatic nitrogens is 4. The Kier molecular flexibility index (Phi) is 7.15. The number of nitrogens with one attached hydrogen (secondary N) is 1. The van der Waals surface area contributed by atoms with Gasteiger partial charge < -0.3 is 14.8 Å². The lowest BCUT2D eigenvalue weighted by Crippen LogP contribution is -2.48. The molecule has 1 saturated heterocycles. The van der Waals surface area contributed by atoms with Crippen LogP contribution >= 0.6 is 11.6 Å². The first-order valence-corrected chi connectivity index (χ1v) is 14.1. The van der Waals surface area contributed by atoms with Gasteiger partial charge in [0.15, 0.2) is 17.0 Å². The van der Waals surface area contributed by atoms with Crippen molar-refractivity contribution in [1.29, 1.82) is 0 Å². The molecule has 0 saturated carbocycles. The van der Waals surface area contributed by atoms with Crippen LogP contribution in [0.2, 0.25) is 5.02 Å². The number of halogens is 1. The van der Waals surface area contributed by atoms with Crippen molar-refractivity contribution in [2.45, 2.75) is 13.1 Å². The Hall–Kier alpha value is -3.81. The maximum absolute atomic E-state index is 12.0. The average molecular weight is 557 g/mol. The van der Waals surface area contributed by atoms with Crippen LogP contribution in [0.4, 0.5) is 17.5 Å². The van der Waals surface area contributed by atoms with Crippen LogP contribution in [0.15, 0.2) is 54.9 Å². The third kappa shape index (κ3) is 5.54. The smallest absolute Gasteiger partial charge is 0.269 e. The second kappa shape index (κ2) is 10.5. The zero-order chi connectivity index (χ0) is 26.9. The predicted octanol–water partition coefficient (Wildman–Crippen LogP) is 3.13. The molecule has 0 spiro atoms. The van der Waals surface area contributed by atoms with Crippen molar-refractivity contribution < 1.29 is 13.3 Å². The maximum atomic E-state index is 12.0. The summed E-state index contributed by atoms with van der Waals surface area (Å²) in [5, 5.41) is 15.0. The van der Waals surface area contributed by atoms with Gasteiger partial charge in [0.05, 0.1) is 24.1 Å². The Balaban J connectivity index is 1.48. The fourth-order valence-electron chi connectivity index (χ4n) is 4.27. The van der Waals surface area contributed by atoms with Gasteiger partial charge in [-0.3, -0.25) is 10.1 Å². The summed E-state index contributed by atoms with van der Waals surface area (Å²) in [6, 6.07) is 13.8. The van der Waals surface area contributed by atoms with Gasteiger partial charge in [0, 0.05) is 49.9 Å². The largest absolute Gasteiger partial charge is 0.364 e. The topological polar surface area (TPSA) is 139 Å². The zero-order valence-electron chi connectivity index (χ0n) is 20.5. The summed E-state index contributed by atoms with van der Waals surface area (Å²) >= 11 is 6.34. The number of non-ortho nitro benzene ring substituents is 1. The lowest BCUT2D eigenvalue weighted by Gasteiger charge is -2.33. The van der Waals surface area contributed by atoms with E-state index in [4.69, 9.17) is 21.6 Å². The molecule has 4 aromatic rings. The molecular weight excluding hydrogens is 532 g/mol. The van der Waals surface area contributed by atoms with E-state index in [0.717, 1.165) is 11.1 Å². The van der Waals surface area contributed by atoms with E-state index in [1.807, 2.05) is 33.7 Å². The van der Waals surface area contributed by atoms with E-state index in [1.165, 1.54) is 22.7 Å². The molecule has 1 aliphatic heterocycles. The molecule has 14 heteroatoms. The Morgan fingerprint density at radius 2 is 1.76 bits per heavy atom. The van der Waals surface area contributed by atoms with Crippen LogP contribution in [0.1, 0.15) is 11.1 Å². The van der Waals surface area contributed by atoms with Gasteiger partial charge >= 0.3 is 0 Å². The molecule has 1 fully saturated rings. The Morgan fingerprint density at radius 3 is 2.42 bits per heavy atom.